The summed E-state index contributed by atoms with van der Waals surface area (Å²) in [6.07, 6.45) is -0.595. The Morgan fingerprint density at radius 1 is 1.33 bits per heavy atom. The highest BCUT2D eigenvalue weighted by Gasteiger charge is 2.22. The molecule has 0 aliphatic heterocycles. The summed E-state index contributed by atoms with van der Waals surface area (Å²) in [5.41, 5.74) is -0.0717. The second-order valence-electron chi connectivity index (χ2n) is 5.58. The summed E-state index contributed by atoms with van der Waals surface area (Å²) in [7, 11) is 0. The molecule has 1 aromatic carbocycles. The van der Waals surface area contributed by atoms with E-state index in [1.54, 1.807) is 32.9 Å². The van der Waals surface area contributed by atoms with Crippen LogP contribution in [0.4, 0.5) is 10.6 Å². The molecule has 0 aliphatic rings. The summed E-state index contributed by atoms with van der Waals surface area (Å²) >= 11 is 3.36. The average Bonchev–Trinajstić information content (AvgIpc) is 2.64. The van der Waals surface area contributed by atoms with Crippen LogP contribution in [0.3, 0.4) is 0 Å². The van der Waals surface area contributed by atoms with Crippen molar-refractivity contribution in [3.8, 4) is 0 Å². The Labute approximate surface area is 130 Å². The number of carbonyl (C=O) groups excluding carboxylic acids is 2. The molecule has 21 heavy (non-hydrogen) atoms. The van der Waals surface area contributed by atoms with Crippen LogP contribution < -0.4 is 5.32 Å². The summed E-state index contributed by atoms with van der Waals surface area (Å²) in [5.74, 6) is 0.0736. The zero-order chi connectivity index (χ0) is 15.8. The molecule has 0 radical (unpaired) electrons. The summed E-state index contributed by atoms with van der Waals surface area (Å²) in [4.78, 5) is 23.5. The number of nitrogens with zero attached hydrogens (tertiary/aromatic N) is 2. The molecule has 1 N–H and O–H groups in total. The summed E-state index contributed by atoms with van der Waals surface area (Å²) in [6, 6.07) is 5.34. The fourth-order valence-corrected chi connectivity index (χ4v) is 2.14. The molecule has 0 saturated carbocycles. The zero-order valence-electron chi connectivity index (χ0n) is 12.2. The molecular formula is C14H16BrN3O3. The third-order valence-corrected chi connectivity index (χ3v) is 3.00. The normalized spacial score (nSPS) is 11.5. The third kappa shape index (κ3) is 3.60. The van der Waals surface area contributed by atoms with Crippen molar-refractivity contribution < 1.29 is 14.3 Å². The van der Waals surface area contributed by atoms with Crippen molar-refractivity contribution in [1.29, 1.82) is 0 Å². The van der Waals surface area contributed by atoms with Gasteiger partial charge in [-0.1, -0.05) is 15.9 Å². The lowest BCUT2D eigenvalue weighted by atomic mass is 10.2. The largest absolute Gasteiger partial charge is 0.442 e. The third-order valence-electron chi connectivity index (χ3n) is 2.50. The summed E-state index contributed by atoms with van der Waals surface area (Å²) in [5, 5.41) is 7.42. The minimum absolute atomic E-state index is 0.256. The molecule has 0 aliphatic carbocycles. The van der Waals surface area contributed by atoms with E-state index >= 15 is 0 Å². The Morgan fingerprint density at radius 2 is 2.00 bits per heavy atom. The number of fused-ring (bicyclic) bond motifs is 1. The molecule has 0 fully saturated rings. The minimum atomic E-state index is -0.629. The van der Waals surface area contributed by atoms with Crippen molar-refractivity contribution in [2.45, 2.75) is 33.3 Å². The van der Waals surface area contributed by atoms with Gasteiger partial charge in [0.05, 0.1) is 5.52 Å². The first-order valence-corrected chi connectivity index (χ1v) is 7.16. The Balaban J connectivity index is 2.54. The molecular weight excluding hydrogens is 338 g/mol. The molecule has 2 aromatic rings. The number of halogens is 1. The van der Waals surface area contributed by atoms with Gasteiger partial charge in [-0.15, -0.1) is 5.10 Å². The highest BCUT2D eigenvalue weighted by atomic mass is 79.9. The number of aromatic nitrogens is 2. The van der Waals surface area contributed by atoms with Crippen molar-refractivity contribution >= 4 is 44.7 Å². The molecule has 1 amide bonds. The van der Waals surface area contributed by atoms with Gasteiger partial charge in [0.25, 0.3) is 0 Å². The lowest BCUT2D eigenvalue weighted by Gasteiger charge is -2.19. The first-order chi connectivity index (χ1) is 9.67. The van der Waals surface area contributed by atoms with Crippen LogP contribution in [-0.2, 0) is 9.53 Å². The lowest BCUT2D eigenvalue weighted by molar-refractivity contribution is -0.114. The van der Waals surface area contributed by atoms with E-state index in [1.165, 1.54) is 6.92 Å². The molecule has 7 heteroatoms. The van der Waals surface area contributed by atoms with Crippen LogP contribution >= 0.6 is 15.9 Å². The van der Waals surface area contributed by atoms with Gasteiger partial charge in [0, 0.05) is 16.8 Å². The van der Waals surface area contributed by atoms with Crippen molar-refractivity contribution in [2.24, 2.45) is 0 Å². The van der Waals surface area contributed by atoms with Crippen LogP contribution in [0.15, 0.2) is 22.7 Å². The maximum absolute atomic E-state index is 12.2. The molecule has 1 heterocycles. The maximum atomic E-state index is 12.2. The van der Waals surface area contributed by atoms with E-state index in [0.717, 1.165) is 9.15 Å². The van der Waals surface area contributed by atoms with Crippen molar-refractivity contribution in [3.05, 3.63) is 22.7 Å². The molecule has 0 spiro atoms. The summed E-state index contributed by atoms with van der Waals surface area (Å²) in [6.45, 7) is 6.72. The van der Waals surface area contributed by atoms with E-state index in [2.05, 4.69) is 26.3 Å². The van der Waals surface area contributed by atoms with E-state index in [9.17, 15) is 9.59 Å². The molecule has 112 valence electrons. The van der Waals surface area contributed by atoms with E-state index in [4.69, 9.17) is 4.74 Å². The van der Waals surface area contributed by atoms with Crippen molar-refractivity contribution in [3.63, 3.8) is 0 Å². The van der Waals surface area contributed by atoms with Gasteiger partial charge < -0.3 is 10.1 Å². The fourth-order valence-electron chi connectivity index (χ4n) is 1.79. The SMILES string of the molecule is CC(=O)Nc1nn(C(=O)OC(C)(C)C)c2cc(Br)ccc12. The average molecular weight is 354 g/mol. The van der Waals surface area contributed by atoms with E-state index in [1.807, 2.05) is 6.07 Å². The van der Waals surface area contributed by atoms with Crippen LogP contribution in [0.25, 0.3) is 10.9 Å². The lowest BCUT2D eigenvalue weighted by Crippen LogP contribution is -2.27. The number of hydrogen-bond acceptors (Lipinski definition) is 4. The number of amides is 1. The van der Waals surface area contributed by atoms with Gasteiger partial charge in [-0.3, -0.25) is 4.79 Å². The van der Waals surface area contributed by atoms with Crippen LogP contribution in [0.2, 0.25) is 0 Å². The van der Waals surface area contributed by atoms with Crippen LogP contribution in [0.5, 0.6) is 0 Å². The monoisotopic (exact) mass is 353 g/mol. The van der Waals surface area contributed by atoms with Gasteiger partial charge in [0.15, 0.2) is 5.82 Å². The van der Waals surface area contributed by atoms with E-state index in [-0.39, 0.29) is 5.91 Å². The van der Waals surface area contributed by atoms with Gasteiger partial charge in [-0.2, -0.15) is 4.68 Å². The van der Waals surface area contributed by atoms with Gasteiger partial charge in [0.2, 0.25) is 5.91 Å². The Bertz CT molecular complexity index is 716. The van der Waals surface area contributed by atoms with Gasteiger partial charge >= 0.3 is 6.09 Å². The highest BCUT2D eigenvalue weighted by molar-refractivity contribution is 9.10. The van der Waals surface area contributed by atoms with Crippen molar-refractivity contribution in [2.75, 3.05) is 5.32 Å². The molecule has 0 saturated heterocycles. The number of rotatable bonds is 1. The number of ether oxygens (including phenoxy) is 1. The molecule has 0 bridgehead atoms. The number of hydrogen-bond donors (Lipinski definition) is 1. The topological polar surface area (TPSA) is 73.2 Å². The standard InChI is InChI=1S/C14H16BrN3O3/c1-8(19)16-12-10-6-5-9(15)7-11(10)18(17-12)13(20)21-14(2,3)4/h5-7H,1-4H3,(H,16,17,19). The minimum Gasteiger partial charge on any atom is -0.442 e. The summed E-state index contributed by atoms with van der Waals surface area (Å²) < 4.78 is 7.27. The molecule has 1 aromatic heterocycles. The van der Waals surface area contributed by atoms with Crippen molar-refractivity contribution in [1.82, 2.24) is 9.78 Å². The highest BCUT2D eigenvalue weighted by Crippen LogP contribution is 2.27. The predicted molar refractivity (Wildman–Crippen MR) is 83.4 cm³/mol. The van der Waals surface area contributed by atoms with Gasteiger partial charge in [-0.25, -0.2) is 4.79 Å². The number of benzene rings is 1. The second-order valence-corrected chi connectivity index (χ2v) is 6.50. The second kappa shape index (κ2) is 5.48. The maximum Gasteiger partial charge on any atom is 0.435 e. The number of carbonyl (C=O) groups is 2. The number of nitrogens with one attached hydrogen (secondary N) is 1. The Morgan fingerprint density at radius 3 is 2.57 bits per heavy atom. The molecule has 2 rings (SSSR count). The van der Waals surface area contributed by atoms with Crippen LogP contribution in [-0.4, -0.2) is 27.4 Å². The fraction of sp³-hybridized carbons (Fsp3) is 0.357. The van der Waals surface area contributed by atoms with Crippen LogP contribution in [0.1, 0.15) is 27.7 Å². The first kappa shape index (κ1) is 15.5. The first-order valence-electron chi connectivity index (χ1n) is 6.36. The van der Waals surface area contributed by atoms with Crippen LogP contribution in [0, 0.1) is 0 Å². The molecule has 6 nitrogen and oxygen atoms in total. The Kier molecular flexibility index (Phi) is 4.04. The van der Waals surface area contributed by atoms with Gasteiger partial charge in [-0.05, 0) is 39.0 Å². The smallest absolute Gasteiger partial charge is 0.435 e. The molecule has 0 unspecified atom stereocenters. The zero-order valence-corrected chi connectivity index (χ0v) is 13.8. The van der Waals surface area contributed by atoms with Gasteiger partial charge in [0.1, 0.15) is 5.60 Å². The quantitative estimate of drug-likeness (QED) is 0.850. The number of anilines is 1. The predicted octanol–water partition coefficient (Wildman–Crippen LogP) is 3.54. The van der Waals surface area contributed by atoms with E-state index in [0.29, 0.717) is 16.7 Å². The molecule has 0 atom stereocenters. The Hall–Kier alpha value is -1.89. The van der Waals surface area contributed by atoms with E-state index < -0.39 is 11.7 Å².